The van der Waals surface area contributed by atoms with Gasteiger partial charge in [0.1, 0.15) is 11.5 Å². The number of hydrogen-bond acceptors (Lipinski definition) is 6. The molecule has 2 aromatic heterocycles. The molecule has 1 saturated heterocycles. The number of aromatic nitrogens is 4. The van der Waals surface area contributed by atoms with Crippen molar-refractivity contribution in [3.63, 3.8) is 0 Å². The summed E-state index contributed by atoms with van der Waals surface area (Å²) in [4.78, 5) is 22.4. The lowest BCUT2D eigenvalue weighted by Crippen LogP contribution is -2.48. The SMILES string of the molecule is COc1nc2cc(F)c(F)cc2nc1C1CC(NC(N)=O)CCN1c1ccnn1C. The third kappa shape index (κ3) is 3.58. The average Bonchev–Trinajstić information content (AvgIpc) is 3.13. The van der Waals surface area contributed by atoms with Crippen LogP contribution in [0.4, 0.5) is 19.4 Å². The van der Waals surface area contributed by atoms with E-state index in [9.17, 15) is 13.6 Å². The van der Waals surface area contributed by atoms with Gasteiger partial charge in [-0.1, -0.05) is 0 Å². The summed E-state index contributed by atoms with van der Waals surface area (Å²) < 4.78 is 34.6. The smallest absolute Gasteiger partial charge is 0.312 e. The van der Waals surface area contributed by atoms with Gasteiger partial charge in [0.2, 0.25) is 5.88 Å². The number of methoxy groups -OCH3 is 1. The van der Waals surface area contributed by atoms with E-state index in [1.807, 2.05) is 13.1 Å². The first kappa shape index (κ1) is 19.8. The standard InChI is InChI=1S/C19H21F2N7O2/c1-27-16(3-5-23-27)28-6-4-10(24-19(22)29)7-15(28)17-18(30-2)26-14-9-12(21)11(20)8-13(14)25-17/h3,5,8-10,15H,4,6-7H2,1-2H3,(H3,22,24,29). The van der Waals surface area contributed by atoms with Gasteiger partial charge in [-0.25, -0.2) is 23.5 Å². The fourth-order valence-electron chi connectivity index (χ4n) is 3.90. The lowest BCUT2D eigenvalue weighted by Gasteiger charge is -2.40. The van der Waals surface area contributed by atoms with Crippen LogP contribution in [0.15, 0.2) is 24.4 Å². The first-order valence-electron chi connectivity index (χ1n) is 9.38. The highest BCUT2D eigenvalue weighted by Crippen LogP contribution is 2.38. The maximum Gasteiger partial charge on any atom is 0.312 e. The second-order valence-electron chi connectivity index (χ2n) is 7.13. The van der Waals surface area contributed by atoms with E-state index in [0.29, 0.717) is 25.1 Å². The molecule has 3 N–H and O–H groups in total. The zero-order valence-electron chi connectivity index (χ0n) is 16.5. The van der Waals surface area contributed by atoms with E-state index in [2.05, 4.69) is 25.3 Å². The molecule has 4 rings (SSSR count). The van der Waals surface area contributed by atoms with Crippen LogP contribution >= 0.6 is 0 Å². The monoisotopic (exact) mass is 417 g/mol. The predicted molar refractivity (Wildman–Crippen MR) is 105 cm³/mol. The van der Waals surface area contributed by atoms with Gasteiger partial charge in [0.05, 0.1) is 30.4 Å². The topological polar surface area (TPSA) is 111 Å². The van der Waals surface area contributed by atoms with E-state index >= 15 is 0 Å². The molecule has 1 fully saturated rings. The molecule has 0 radical (unpaired) electrons. The number of nitrogens with zero attached hydrogens (tertiary/aromatic N) is 5. The van der Waals surface area contributed by atoms with E-state index in [0.717, 1.165) is 18.0 Å². The minimum Gasteiger partial charge on any atom is -0.480 e. The van der Waals surface area contributed by atoms with Crippen molar-refractivity contribution in [1.29, 1.82) is 0 Å². The van der Waals surface area contributed by atoms with Gasteiger partial charge in [0, 0.05) is 37.8 Å². The quantitative estimate of drug-likeness (QED) is 0.672. The van der Waals surface area contributed by atoms with Gasteiger partial charge in [-0.3, -0.25) is 4.68 Å². The fourth-order valence-corrected chi connectivity index (χ4v) is 3.90. The molecule has 158 valence electrons. The van der Waals surface area contributed by atoms with E-state index in [1.165, 1.54) is 7.11 Å². The first-order chi connectivity index (χ1) is 14.4. The lowest BCUT2D eigenvalue weighted by molar-refractivity contribution is 0.240. The van der Waals surface area contributed by atoms with Gasteiger partial charge < -0.3 is 20.7 Å². The molecular weight excluding hydrogens is 396 g/mol. The molecular formula is C19H21F2N7O2. The van der Waals surface area contributed by atoms with Gasteiger partial charge in [-0.05, 0) is 12.8 Å². The summed E-state index contributed by atoms with van der Waals surface area (Å²) in [6.45, 7) is 0.579. The highest BCUT2D eigenvalue weighted by molar-refractivity contribution is 5.75. The molecule has 2 atom stereocenters. The third-order valence-electron chi connectivity index (χ3n) is 5.25. The summed E-state index contributed by atoms with van der Waals surface area (Å²) in [5.41, 5.74) is 6.16. The number of urea groups is 1. The number of primary amides is 1. The van der Waals surface area contributed by atoms with Gasteiger partial charge in [0.25, 0.3) is 0 Å². The number of amides is 2. The Kier molecular flexibility index (Phi) is 5.10. The highest BCUT2D eigenvalue weighted by Gasteiger charge is 2.35. The Labute approximate surface area is 170 Å². The minimum atomic E-state index is -1.01. The largest absolute Gasteiger partial charge is 0.480 e. The van der Waals surface area contributed by atoms with Gasteiger partial charge >= 0.3 is 6.03 Å². The Bertz CT molecular complexity index is 1100. The molecule has 3 heterocycles. The molecule has 9 nitrogen and oxygen atoms in total. The van der Waals surface area contributed by atoms with Crippen molar-refractivity contribution in [1.82, 2.24) is 25.1 Å². The molecule has 2 unspecified atom stereocenters. The van der Waals surface area contributed by atoms with Crippen LogP contribution in [0, 0.1) is 11.6 Å². The van der Waals surface area contributed by atoms with Crippen molar-refractivity contribution in [3.05, 3.63) is 41.7 Å². The number of nitrogens with one attached hydrogen (secondary N) is 1. The van der Waals surface area contributed by atoms with Crippen LogP contribution in [0.1, 0.15) is 24.6 Å². The number of ether oxygens (including phenoxy) is 1. The summed E-state index contributed by atoms with van der Waals surface area (Å²) in [6.07, 6.45) is 2.81. The molecule has 0 aliphatic carbocycles. The number of aryl methyl sites for hydroxylation is 1. The van der Waals surface area contributed by atoms with Gasteiger partial charge in [-0.15, -0.1) is 0 Å². The van der Waals surface area contributed by atoms with Crippen LogP contribution in [0.25, 0.3) is 11.0 Å². The summed E-state index contributed by atoms with van der Waals surface area (Å²) in [5.74, 6) is -0.975. The number of piperidine rings is 1. The summed E-state index contributed by atoms with van der Waals surface area (Å²) in [7, 11) is 3.26. The van der Waals surface area contributed by atoms with Crippen molar-refractivity contribution < 1.29 is 18.3 Å². The Hall–Kier alpha value is -3.50. The van der Waals surface area contributed by atoms with Crippen molar-refractivity contribution in [2.24, 2.45) is 12.8 Å². The van der Waals surface area contributed by atoms with E-state index in [-0.39, 0.29) is 29.0 Å². The maximum atomic E-state index is 13.8. The van der Waals surface area contributed by atoms with Crippen molar-refractivity contribution in [2.45, 2.75) is 24.9 Å². The molecule has 0 spiro atoms. The number of rotatable bonds is 4. The number of carbonyl (C=O) groups excluding carboxylic acids is 1. The number of halogens is 2. The molecule has 3 aromatic rings. The van der Waals surface area contributed by atoms with Gasteiger partial charge in [-0.2, -0.15) is 5.10 Å². The summed E-state index contributed by atoms with van der Waals surface area (Å²) >= 11 is 0. The molecule has 0 bridgehead atoms. The minimum absolute atomic E-state index is 0.184. The molecule has 1 aromatic carbocycles. The van der Waals surface area contributed by atoms with Gasteiger partial charge in [0.15, 0.2) is 11.6 Å². The molecule has 1 aliphatic heterocycles. The average molecular weight is 417 g/mol. The maximum absolute atomic E-state index is 13.8. The third-order valence-corrected chi connectivity index (χ3v) is 5.25. The molecule has 11 heteroatoms. The molecule has 30 heavy (non-hydrogen) atoms. The second kappa shape index (κ2) is 7.73. The Balaban J connectivity index is 1.83. The number of anilines is 1. The van der Waals surface area contributed by atoms with E-state index in [1.54, 1.807) is 10.9 Å². The fraction of sp³-hybridized carbons (Fsp3) is 0.368. The zero-order valence-corrected chi connectivity index (χ0v) is 16.5. The van der Waals surface area contributed by atoms with Crippen LogP contribution in [-0.4, -0.2) is 45.5 Å². The summed E-state index contributed by atoms with van der Waals surface area (Å²) in [5, 5.41) is 6.97. The molecule has 1 aliphatic rings. The van der Waals surface area contributed by atoms with E-state index in [4.69, 9.17) is 10.5 Å². The second-order valence-corrected chi connectivity index (χ2v) is 7.13. The zero-order chi connectivity index (χ0) is 21.4. The molecule has 2 amide bonds. The van der Waals surface area contributed by atoms with Crippen molar-refractivity contribution >= 4 is 22.9 Å². The number of benzene rings is 1. The lowest BCUT2D eigenvalue weighted by atomic mass is 9.94. The van der Waals surface area contributed by atoms with Crippen LogP contribution in [0.5, 0.6) is 5.88 Å². The van der Waals surface area contributed by atoms with Crippen molar-refractivity contribution in [2.75, 3.05) is 18.6 Å². The number of hydrogen-bond donors (Lipinski definition) is 2. The van der Waals surface area contributed by atoms with Crippen molar-refractivity contribution in [3.8, 4) is 5.88 Å². The highest BCUT2D eigenvalue weighted by atomic mass is 19.2. The Morgan fingerprint density at radius 1 is 1.27 bits per heavy atom. The van der Waals surface area contributed by atoms with Crippen LogP contribution in [0.2, 0.25) is 0 Å². The first-order valence-corrected chi connectivity index (χ1v) is 9.38. The number of carbonyl (C=O) groups is 1. The van der Waals surface area contributed by atoms with Crippen LogP contribution in [0.3, 0.4) is 0 Å². The van der Waals surface area contributed by atoms with Crippen LogP contribution < -0.4 is 20.7 Å². The van der Waals surface area contributed by atoms with E-state index < -0.39 is 17.7 Å². The predicted octanol–water partition coefficient (Wildman–Crippen LogP) is 2.03. The number of fused-ring (bicyclic) bond motifs is 1. The molecule has 0 saturated carbocycles. The summed E-state index contributed by atoms with van der Waals surface area (Å²) in [6, 6.07) is 2.69. The number of nitrogens with two attached hydrogens (primary N) is 1. The Morgan fingerprint density at radius 2 is 1.97 bits per heavy atom. The van der Waals surface area contributed by atoms with Crippen LogP contribution in [-0.2, 0) is 7.05 Å². The Morgan fingerprint density at radius 3 is 2.57 bits per heavy atom. The normalized spacial score (nSPS) is 19.1.